The van der Waals surface area contributed by atoms with Gasteiger partial charge in [0.15, 0.2) is 0 Å². The van der Waals surface area contributed by atoms with Gasteiger partial charge in [0, 0.05) is 18.8 Å². The van der Waals surface area contributed by atoms with Crippen LogP contribution in [-0.4, -0.2) is 11.3 Å². The summed E-state index contributed by atoms with van der Waals surface area (Å²) in [4.78, 5) is 14.0. The summed E-state index contributed by atoms with van der Waals surface area (Å²) in [6, 6.07) is 2.02. The van der Waals surface area contributed by atoms with E-state index in [1.54, 1.807) is 12.4 Å². The largest absolute Gasteiger partial charge is 0.303 e. The third-order valence-electron chi connectivity index (χ3n) is 1.44. The zero-order valence-electron chi connectivity index (χ0n) is 7.03. The lowest BCUT2D eigenvalue weighted by Crippen LogP contribution is -1.78. The van der Waals surface area contributed by atoms with Crippen molar-refractivity contribution in [1.82, 2.24) is 4.98 Å². The Labute approximate surface area is 71.9 Å². The molecule has 0 aliphatic carbocycles. The number of allylic oxidation sites excluding steroid dienone is 1. The van der Waals surface area contributed by atoms with Crippen LogP contribution in [0.5, 0.6) is 0 Å². The van der Waals surface area contributed by atoms with E-state index in [0.29, 0.717) is 6.42 Å². The van der Waals surface area contributed by atoms with E-state index in [4.69, 9.17) is 0 Å². The molecule has 0 aliphatic heterocycles. The molecule has 0 bridgehead atoms. The Morgan fingerprint density at radius 2 is 2.33 bits per heavy atom. The van der Waals surface area contributed by atoms with Gasteiger partial charge in [-0.1, -0.05) is 12.2 Å². The molecule has 0 N–H and O–H groups in total. The SMILES string of the molecule is Cc1cncc(C=CCC=O)c1. The maximum Gasteiger partial charge on any atom is 0.123 e. The first-order chi connectivity index (χ1) is 5.83. The molecule has 0 fully saturated rings. The van der Waals surface area contributed by atoms with Crippen LogP contribution in [0.2, 0.25) is 0 Å². The van der Waals surface area contributed by atoms with Crippen LogP contribution in [0.3, 0.4) is 0 Å². The van der Waals surface area contributed by atoms with Crippen molar-refractivity contribution in [3.63, 3.8) is 0 Å². The quantitative estimate of drug-likeness (QED) is 0.634. The summed E-state index contributed by atoms with van der Waals surface area (Å²) in [5.41, 5.74) is 2.17. The molecule has 0 radical (unpaired) electrons. The fraction of sp³-hybridized carbons (Fsp3) is 0.200. The van der Waals surface area contributed by atoms with Crippen LogP contribution < -0.4 is 0 Å². The van der Waals surface area contributed by atoms with Crippen molar-refractivity contribution in [2.45, 2.75) is 13.3 Å². The van der Waals surface area contributed by atoms with Crippen LogP contribution in [-0.2, 0) is 4.79 Å². The molecule has 0 spiro atoms. The number of aryl methyl sites for hydroxylation is 1. The molecule has 0 amide bonds. The average Bonchev–Trinajstić information content (AvgIpc) is 2.05. The molecule has 0 aromatic carbocycles. The van der Waals surface area contributed by atoms with Crippen LogP contribution in [0.25, 0.3) is 6.08 Å². The molecule has 0 saturated carbocycles. The lowest BCUT2D eigenvalue weighted by Gasteiger charge is -1.93. The average molecular weight is 161 g/mol. The molecule has 1 heterocycles. The third-order valence-corrected chi connectivity index (χ3v) is 1.44. The van der Waals surface area contributed by atoms with E-state index in [0.717, 1.165) is 17.4 Å². The highest BCUT2D eigenvalue weighted by molar-refractivity contribution is 5.57. The molecule has 12 heavy (non-hydrogen) atoms. The molecule has 1 aromatic rings. The summed E-state index contributed by atoms with van der Waals surface area (Å²) < 4.78 is 0. The smallest absolute Gasteiger partial charge is 0.123 e. The van der Waals surface area contributed by atoms with Crippen LogP contribution in [0.15, 0.2) is 24.5 Å². The fourth-order valence-electron chi connectivity index (χ4n) is 0.929. The van der Waals surface area contributed by atoms with Gasteiger partial charge in [-0.2, -0.15) is 0 Å². The van der Waals surface area contributed by atoms with Crippen LogP contribution >= 0.6 is 0 Å². The van der Waals surface area contributed by atoms with Gasteiger partial charge in [0.25, 0.3) is 0 Å². The second-order valence-corrected chi connectivity index (χ2v) is 2.60. The molecule has 1 aromatic heterocycles. The Morgan fingerprint density at radius 1 is 1.50 bits per heavy atom. The Kier molecular flexibility index (Phi) is 3.20. The van der Waals surface area contributed by atoms with E-state index in [2.05, 4.69) is 4.98 Å². The first-order valence-electron chi connectivity index (χ1n) is 3.85. The van der Waals surface area contributed by atoms with Gasteiger partial charge in [-0.15, -0.1) is 0 Å². The summed E-state index contributed by atoms with van der Waals surface area (Å²) >= 11 is 0. The van der Waals surface area contributed by atoms with Gasteiger partial charge in [-0.05, 0) is 24.1 Å². The minimum Gasteiger partial charge on any atom is -0.303 e. The predicted octanol–water partition coefficient (Wildman–Crippen LogP) is 1.99. The van der Waals surface area contributed by atoms with Crippen molar-refractivity contribution in [3.8, 4) is 0 Å². The van der Waals surface area contributed by atoms with Gasteiger partial charge in [0.05, 0.1) is 0 Å². The molecular weight excluding hydrogens is 150 g/mol. The van der Waals surface area contributed by atoms with Crippen molar-refractivity contribution < 1.29 is 4.79 Å². The first-order valence-corrected chi connectivity index (χ1v) is 3.85. The van der Waals surface area contributed by atoms with Crippen molar-refractivity contribution in [2.75, 3.05) is 0 Å². The summed E-state index contributed by atoms with van der Waals surface area (Å²) in [6.07, 6.45) is 8.64. The van der Waals surface area contributed by atoms with Crippen molar-refractivity contribution in [2.24, 2.45) is 0 Å². The lowest BCUT2D eigenvalue weighted by molar-refractivity contribution is -0.107. The molecule has 0 saturated heterocycles. The number of carbonyl (C=O) groups excluding carboxylic acids is 1. The number of aldehydes is 1. The summed E-state index contributed by atoms with van der Waals surface area (Å²) in [6.45, 7) is 1.99. The van der Waals surface area contributed by atoms with Gasteiger partial charge in [0.2, 0.25) is 0 Å². The van der Waals surface area contributed by atoms with Crippen molar-refractivity contribution in [3.05, 3.63) is 35.7 Å². The first kappa shape index (κ1) is 8.65. The normalized spacial score (nSPS) is 10.4. The number of rotatable bonds is 3. The molecule has 1 rings (SSSR count). The molecular formula is C10H11NO. The maximum atomic E-state index is 10.00. The highest BCUT2D eigenvalue weighted by Gasteiger charge is 1.86. The summed E-state index contributed by atoms with van der Waals surface area (Å²) in [5.74, 6) is 0. The van der Waals surface area contributed by atoms with Gasteiger partial charge < -0.3 is 4.79 Å². The lowest BCUT2D eigenvalue weighted by atomic mass is 10.2. The van der Waals surface area contributed by atoms with E-state index in [9.17, 15) is 4.79 Å². The molecule has 0 atom stereocenters. The van der Waals surface area contributed by atoms with E-state index < -0.39 is 0 Å². The molecule has 62 valence electrons. The molecule has 2 nitrogen and oxygen atoms in total. The fourth-order valence-corrected chi connectivity index (χ4v) is 0.929. The second-order valence-electron chi connectivity index (χ2n) is 2.60. The minimum atomic E-state index is 0.466. The topological polar surface area (TPSA) is 30.0 Å². The van der Waals surface area contributed by atoms with Gasteiger partial charge >= 0.3 is 0 Å². The second kappa shape index (κ2) is 4.44. The Balaban J connectivity index is 2.69. The third kappa shape index (κ3) is 2.66. The predicted molar refractivity (Wildman–Crippen MR) is 48.7 cm³/mol. The van der Waals surface area contributed by atoms with Gasteiger partial charge in [0.1, 0.15) is 6.29 Å². The number of carbonyl (C=O) groups is 1. The van der Waals surface area contributed by atoms with Crippen LogP contribution in [0, 0.1) is 6.92 Å². The van der Waals surface area contributed by atoms with Crippen molar-refractivity contribution in [1.29, 1.82) is 0 Å². The van der Waals surface area contributed by atoms with E-state index >= 15 is 0 Å². The number of hydrogen-bond donors (Lipinski definition) is 0. The maximum absolute atomic E-state index is 10.00. The number of pyridine rings is 1. The molecule has 0 aliphatic rings. The highest BCUT2D eigenvalue weighted by atomic mass is 16.1. The molecule has 0 unspecified atom stereocenters. The minimum absolute atomic E-state index is 0.466. The zero-order chi connectivity index (χ0) is 8.81. The Hall–Kier alpha value is -1.44. The molecule has 2 heteroatoms. The van der Waals surface area contributed by atoms with Crippen LogP contribution in [0.1, 0.15) is 17.5 Å². The Morgan fingerprint density at radius 3 is 3.00 bits per heavy atom. The standard InChI is InChI=1S/C10H11NO/c1-9-6-10(8-11-7-9)4-2-3-5-12/h2,4-8H,3H2,1H3. The summed E-state index contributed by atoms with van der Waals surface area (Å²) in [7, 11) is 0. The van der Waals surface area contributed by atoms with E-state index in [1.807, 2.05) is 25.1 Å². The van der Waals surface area contributed by atoms with Gasteiger partial charge in [-0.3, -0.25) is 4.98 Å². The zero-order valence-corrected chi connectivity index (χ0v) is 7.03. The highest BCUT2D eigenvalue weighted by Crippen LogP contribution is 2.03. The Bertz CT molecular complexity index is 292. The number of nitrogens with zero attached hydrogens (tertiary/aromatic N) is 1. The van der Waals surface area contributed by atoms with E-state index in [1.165, 1.54) is 0 Å². The van der Waals surface area contributed by atoms with Gasteiger partial charge in [-0.25, -0.2) is 0 Å². The number of aromatic nitrogens is 1. The van der Waals surface area contributed by atoms with Crippen molar-refractivity contribution >= 4 is 12.4 Å². The number of hydrogen-bond acceptors (Lipinski definition) is 2. The van der Waals surface area contributed by atoms with E-state index in [-0.39, 0.29) is 0 Å². The monoisotopic (exact) mass is 161 g/mol. The van der Waals surface area contributed by atoms with Crippen LogP contribution in [0.4, 0.5) is 0 Å². The summed E-state index contributed by atoms with van der Waals surface area (Å²) in [5, 5.41) is 0.